The summed E-state index contributed by atoms with van der Waals surface area (Å²) in [6, 6.07) is 8.44. The second-order valence-electron chi connectivity index (χ2n) is 3.81. The van der Waals surface area contributed by atoms with Gasteiger partial charge in [0.15, 0.2) is 0 Å². The molecule has 1 aromatic carbocycles. The fourth-order valence-corrected chi connectivity index (χ4v) is 1.97. The van der Waals surface area contributed by atoms with E-state index < -0.39 is 0 Å². The molecule has 3 nitrogen and oxygen atoms in total. The summed E-state index contributed by atoms with van der Waals surface area (Å²) in [4.78, 5) is 10.9. The highest BCUT2D eigenvalue weighted by molar-refractivity contribution is 5.71. The van der Waals surface area contributed by atoms with Gasteiger partial charge in [-0.15, -0.1) is 0 Å². The van der Waals surface area contributed by atoms with Gasteiger partial charge in [0.05, 0.1) is 13.7 Å². The van der Waals surface area contributed by atoms with Gasteiger partial charge in [0, 0.05) is 12.5 Å². The van der Waals surface area contributed by atoms with Crippen LogP contribution in [-0.4, -0.2) is 26.2 Å². The van der Waals surface area contributed by atoms with Crippen LogP contribution >= 0.6 is 0 Å². The van der Waals surface area contributed by atoms with E-state index in [0.29, 0.717) is 12.5 Å². The lowest BCUT2D eigenvalue weighted by atomic mass is 9.78. The van der Waals surface area contributed by atoms with Crippen molar-refractivity contribution in [1.82, 2.24) is 5.32 Å². The molecule has 2 rings (SSSR count). The number of nitrogens with one attached hydrogen (secondary N) is 1. The summed E-state index contributed by atoms with van der Waals surface area (Å²) in [6.45, 7) is 1.15. The van der Waals surface area contributed by atoms with Gasteiger partial charge in [-0.1, -0.05) is 24.3 Å². The second-order valence-corrected chi connectivity index (χ2v) is 3.81. The molecule has 0 amide bonds. The van der Waals surface area contributed by atoms with E-state index in [1.165, 1.54) is 18.2 Å². The SMILES string of the molecule is COC(=O)CNCC1Cc2ccccc21. The average Bonchev–Trinajstić information content (AvgIpc) is 2.24. The van der Waals surface area contributed by atoms with Gasteiger partial charge in [-0.3, -0.25) is 4.79 Å². The molecule has 1 atom stereocenters. The molecule has 1 N–H and O–H groups in total. The zero-order valence-electron chi connectivity index (χ0n) is 8.82. The minimum absolute atomic E-state index is 0.206. The molecule has 0 spiro atoms. The molecule has 0 aliphatic heterocycles. The summed E-state index contributed by atoms with van der Waals surface area (Å²) in [7, 11) is 1.41. The number of rotatable bonds is 4. The maximum Gasteiger partial charge on any atom is 0.319 e. The van der Waals surface area contributed by atoms with Gasteiger partial charge in [-0.2, -0.15) is 0 Å². The summed E-state index contributed by atoms with van der Waals surface area (Å²) in [5.74, 6) is 0.355. The van der Waals surface area contributed by atoms with Crippen molar-refractivity contribution < 1.29 is 9.53 Å². The molecule has 1 aliphatic rings. The Labute approximate surface area is 89.4 Å². The molecule has 15 heavy (non-hydrogen) atoms. The van der Waals surface area contributed by atoms with Crippen molar-refractivity contribution in [2.24, 2.45) is 0 Å². The van der Waals surface area contributed by atoms with Gasteiger partial charge in [0.2, 0.25) is 0 Å². The molecule has 1 unspecified atom stereocenters. The van der Waals surface area contributed by atoms with Gasteiger partial charge >= 0.3 is 5.97 Å². The number of carbonyl (C=O) groups excluding carboxylic acids is 1. The Balaban J connectivity index is 1.78. The number of hydrogen-bond acceptors (Lipinski definition) is 3. The Morgan fingerprint density at radius 3 is 3.07 bits per heavy atom. The van der Waals surface area contributed by atoms with Gasteiger partial charge in [-0.05, 0) is 17.5 Å². The minimum atomic E-state index is -0.206. The largest absolute Gasteiger partial charge is 0.468 e. The van der Waals surface area contributed by atoms with Crippen LogP contribution < -0.4 is 5.32 Å². The van der Waals surface area contributed by atoms with Crippen LogP contribution in [0.25, 0.3) is 0 Å². The molecule has 0 heterocycles. The van der Waals surface area contributed by atoms with Crippen molar-refractivity contribution in [1.29, 1.82) is 0 Å². The van der Waals surface area contributed by atoms with Crippen molar-refractivity contribution in [3.05, 3.63) is 35.4 Å². The molecule has 0 saturated heterocycles. The number of ether oxygens (including phenoxy) is 1. The Kier molecular flexibility index (Phi) is 3.02. The standard InChI is InChI=1S/C12H15NO2/c1-15-12(14)8-13-7-10-6-9-4-2-3-5-11(9)10/h2-5,10,13H,6-8H2,1H3. The molecular formula is C12H15NO2. The number of methoxy groups -OCH3 is 1. The van der Waals surface area contributed by atoms with Crippen LogP contribution in [0.5, 0.6) is 0 Å². The third-order valence-corrected chi connectivity index (χ3v) is 2.85. The van der Waals surface area contributed by atoms with E-state index in [1.807, 2.05) is 0 Å². The summed E-state index contributed by atoms with van der Waals surface area (Å²) in [5.41, 5.74) is 2.84. The van der Waals surface area contributed by atoms with Gasteiger partial charge in [-0.25, -0.2) is 0 Å². The summed E-state index contributed by atoms with van der Waals surface area (Å²) >= 11 is 0. The number of carbonyl (C=O) groups is 1. The molecular weight excluding hydrogens is 190 g/mol. The fraction of sp³-hybridized carbons (Fsp3) is 0.417. The summed E-state index contributed by atoms with van der Waals surface area (Å²) in [5, 5.41) is 3.10. The van der Waals surface area contributed by atoms with Gasteiger partial charge < -0.3 is 10.1 Å². The second kappa shape index (κ2) is 4.45. The Bertz CT molecular complexity index is 362. The highest BCUT2D eigenvalue weighted by Gasteiger charge is 2.24. The van der Waals surface area contributed by atoms with Crippen molar-refractivity contribution in [2.45, 2.75) is 12.3 Å². The Morgan fingerprint density at radius 2 is 2.33 bits per heavy atom. The predicted molar refractivity (Wildman–Crippen MR) is 57.8 cm³/mol. The van der Waals surface area contributed by atoms with Gasteiger partial charge in [0.25, 0.3) is 0 Å². The van der Waals surface area contributed by atoms with E-state index in [9.17, 15) is 4.79 Å². The first-order valence-electron chi connectivity index (χ1n) is 5.16. The maximum absolute atomic E-state index is 10.9. The highest BCUT2D eigenvalue weighted by Crippen LogP contribution is 2.33. The lowest BCUT2D eigenvalue weighted by molar-refractivity contribution is -0.139. The van der Waals surface area contributed by atoms with Crippen LogP contribution in [0.2, 0.25) is 0 Å². The van der Waals surface area contributed by atoms with Crippen molar-refractivity contribution in [3.63, 3.8) is 0 Å². The van der Waals surface area contributed by atoms with Crippen LogP contribution in [0.15, 0.2) is 24.3 Å². The topological polar surface area (TPSA) is 38.3 Å². The van der Waals surface area contributed by atoms with Crippen molar-refractivity contribution >= 4 is 5.97 Å². The third kappa shape index (κ3) is 2.18. The minimum Gasteiger partial charge on any atom is -0.468 e. The van der Waals surface area contributed by atoms with Crippen LogP contribution in [-0.2, 0) is 16.0 Å². The number of esters is 1. The number of hydrogen-bond donors (Lipinski definition) is 1. The maximum atomic E-state index is 10.9. The number of fused-ring (bicyclic) bond motifs is 1. The first-order chi connectivity index (χ1) is 7.31. The monoisotopic (exact) mass is 205 g/mol. The fourth-order valence-electron chi connectivity index (χ4n) is 1.97. The van der Waals surface area contributed by atoms with Crippen molar-refractivity contribution in [2.75, 3.05) is 20.2 Å². The Hall–Kier alpha value is -1.35. The molecule has 80 valence electrons. The smallest absolute Gasteiger partial charge is 0.319 e. The third-order valence-electron chi connectivity index (χ3n) is 2.85. The molecule has 0 fully saturated rings. The Morgan fingerprint density at radius 1 is 1.53 bits per heavy atom. The molecule has 3 heteroatoms. The molecule has 0 bridgehead atoms. The zero-order valence-corrected chi connectivity index (χ0v) is 8.82. The van der Waals surface area contributed by atoms with Crippen LogP contribution in [0.3, 0.4) is 0 Å². The summed E-state index contributed by atoms with van der Waals surface area (Å²) in [6.07, 6.45) is 1.12. The van der Waals surface area contributed by atoms with E-state index >= 15 is 0 Å². The van der Waals surface area contributed by atoms with E-state index in [2.05, 4.69) is 34.3 Å². The quantitative estimate of drug-likeness (QED) is 0.748. The summed E-state index contributed by atoms with van der Waals surface area (Å²) < 4.78 is 4.55. The van der Waals surface area contributed by atoms with E-state index in [-0.39, 0.29) is 5.97 Å². The highest BCUT2D eigenvalue weighted by atomic mass is 16.5. The zero-order chi connectivity index (χ0) is 10.7. The van der Waals surface area contributed by atoms with E-state index in [1.54, 1.807) is 0 Å². The van der Waals surface area contributed by atoms with Crippen LogP contribution in [0, 0.1) is 0 Å². The lowest BCUT2D eigenvalue weighted by Gasteiger charge is -2.30. The van der Waals surface area contributed by atoms with Gasteiger partial charge in [0.1, 0.15) is 0 Å². The first kappa shape index (κ1) is 10.2. The van der Waals surface area contributed by atoms with E-state index in [4.69, 9.17) is 0 Å². The van der Waals surface area contributed by atoms with Crippen LogP contribution in [0.4, 0.5) is 0 Å². The number of benzene rings is 1. The molecule has 0 radical (unpaired) electrons. The predicted octanol–water partition coefficient (Wildman–Crippen LogP) is 1.09. The molecule has 1 aliphatic carbocycles. The average molecular weight is 205 g/mol. The first-order valence-corrected chi connectivity index (χ1v) is 5.16. The van der Waals surface area contributed by atoms with Crippen LogP contribution in [0.1, 0.15) is 17.0 Å². The van der Waals surface area contributed by atoms with E-state index in [0.717, 1.165) is 13.0 Å². The van der Waals surface area contributed by atoms with Crippen molar-refractivity contribution in [3.8, 4) is 0 Å². The normalized spacial score (nSPS) is 17.8. The molecule has 1 aromatic rings. The lowest BCUT2D eigenvalue weighted by Crippen LogP contribution is -2.32. The molecule has 0 aromatic heterocycles. The molecule has 0 saturated carbocycles.